The molecule has 0 aromatic carbocycles. The van der Waals surface area contributed by atoms with Crippen LogP contribution in [0.4, 0.5) is 0 Å². The number of allylic oxidation sites excluding steroid dienone is 1. The first-order valence-electron chi connectivity index (χ1n) is 3.43. The highest BCUT2D eigenvalue weighted by atomic mass is 32.2. The lowest BCUT2D eigenvalue weighted by molar-refractivity contribution is 0.341. The molecule has 0 aromatic rings. The zero-order valence-electron chi connectivity index (χ0n) is 7.21. The average Bonchev–Trinajstić information content (AvgIpc) is 2.40. The van der Waals surface area contributed by atoms with Crippen LogP contribution in [-0.4, -0.2) is 20.4 Å². The van der Waals surface area contributed by atoms with Crippen LogP contribution in [0.5, 0.6) is 0 Å². The minimum atomic E-state index is -3.17. The third-order valence-electron chi connectivity index (χ3n) is 1.26. The van der Waals surface area contributed by atoms with Crippen LogP contribution in [0.15, 0.2) is 11.8 Å². The van der Waals surface area contributed by atoms with Crippen molar-refractivity contribution in [1.29, 1.82) is 0 Å². The molecule has 0 unspecified atom stereocenters. The fourth-order valence-electron chi connectivity index (χ4n) is 0.874. The van der Waals surface area contributed by atoms with Crippen molar-refractivity contribution >= 4 is 10.0 Å². The first kappa shape index (κ1) is 9.50. The van der Waals surface area contributed by atoms with E-state index in [1.54, 1.807) is 19.9 Å². The van der Waals surface area contributed by atoms with Gasteiger partial charge in [-0.15, -0.1) is 0 Å². The van der Waals surface area contributed by atoms with E-state index in [4.69, 9.17) is 4.84 Å². The number of sulfonamides is 1. The van der Waals surface area contributed by atoms with Crippen LogP contribution >= 0.6 is 0 Å². The highest BCUT2D eigenvalue weighted by Gasteiger charge is 2.37. The van der Waals surface area contributed by atoms with Crippen LogP contribution < -0.4 is 10.2 Å². The summed E-state index contributed by atoms with van der Waals surface area (Å²) in [6.45, 7) is 3.45. The Morgan fingerprint density at radius 3 is 2.50 bits per heavy atom. The van der Waals surface area contributed by atoms with Gasteiger partial charge in [0, 0.05) is 5.70 Å². The Hall–Kier alpha value is -0.590. The molecule has 1 aliphatic rings. The molecular formula is C6H12N2O3S. The number of nitrogens with one attached hydrogen (secondary N) is 2. The predicted molar refractivity (Wildman–Crippen MR) is 44.4 cm³/mol. The second-order valence-electron chi connectivity index (χ2n) is 3.01. The molecule has 70 valence electrons. The molecule has 1 saturated heterocycles. The number of hydrogen-bond acceptors (Lipinski definition) is 4. The Bertz CT molecular complexity index is 303. The Labute approximate surface area is 71.8 Å². The summed E-state index contributed by atoms with van der Waals surface area (Å²) in [6.07, 6.45) is 2.77. The molecule has 5 nitrogen and oxygen atoms in total. The van der Waals surface area contributed by atoms with E-state index in [1.807, 2.05) is 0 Å². The Balaban J connectivity index is 2.59. The van der Waals surface area contributed by atoms with E-state index in [0.717, 1.165) is 6.26 Å². The highest BCUT2D eigenvalue weighted by Crippen LogP contribution is 2.20. The molecule has 1 rings (SSSR count). The largest absolute Gasteiger partial charge is 0.288 e. The van der Waals surface area contributed by atoms with E-state index in [1.165, 1.54) is 0 Å². The second-order valence-corrected chi connectivity index (χ2v) is 4.76. The smallest absolute Gasteiger partial charge is 0.229 e. The van der Waals surface area contributed by atoms with Gasteiger partial charge in [-0.2, -0.15) is 5.48 Å². The van der Waals surface area contributed by atoms with Gasteiger partial charge in [-0.1, -0.05) is 0 Å². The quantitative estimate of drug-likeness (QED) is 0.601. The van der Waals surface area contributed by atoms with Crippen molar-refractivity contribution in [2.45, 2.75) is 19.6 Å². The Morgan fingerprint density at radius 1 is 1.67 bits per heavy atom. The molecule has 6 heteroatoms. The molecule has 2 N–H and O–H groups in total. The molecule has 12 heavy (non-hydrogen) atoms. The maximum atomic E-state index is 10.7. The lowest BCUT2D eigenvalue weighted by Crippen LogP contribution is -2.21. The van der Waals surface area contributed by atoms with Gasteiger partial charge in [0.15, 0.2) is 5.72 Å². The summed E-state index contributed by atoms with van der Waals surface area (Å²) in [7, 11) is -3.17. The lowest BCUT2D eigenvalue weighted by Gasteiger charge is -2.03. The molecule has 1 aliphatic heterocycles. The summed E-state index contributed by atoms with van der Waals surface area (Å²) in [5.41, 5.74) is 2.66. The molecule has 0 bridgehead atoms. The maximum absolute atomic E-state index is 10.7. The first-order valence-corrected chi connectivity index (χ1v) is 5.32. The van der Waals surface area contributed by atoms with Crippen molar-refractivity contribution < 1.29 is 13.3 Å². The standard InChI is InChI=1S/C6H12N2O3S/c1-5(7-12(3,9)10)4-6(2)8-11-6/h4,7-8H,1-3H3/b5-4-/t6-/m1/s1. The van der Waals surface area contributed by atoms with Crippen LogP contribution in [0.2, 0.25) is 0 Å². The molecule has 0 spiro atoms. The highest BCUT2D eigenvalue weighted by molar-refractivity contribution is 7.88. The predicted octanol–water partition coefficient (Wildman–Crippen LogP) is -0.310. The topological polar surface area (TPSA) is 80.6 Å². The molecular weight excluding hydrogens is 180 g/mol. The van der Waals surface area contributed by atoms with E-state index < -0.39 is 15.7 Å². The van der Waals surface area contributed by atoms with E-state index in [-0.39, 0.29) is 0 Å². The molecule has 1 atom stereocenters. The Kier molecular flexibility index (Phi) is 2.15. The summed E-state index contributed by atoms with van der Waals surface area (Å²) in [6, 6.07) is 0. The van der Waals surface area contributed by atoms with E-state index >= 15 is 0 Å². The van der Waals surface area contributed by atoms with Crippen LogP contribution in [-0.2, 0) is 14.9 Å². The molecule has 0 radical (unpaired) electrons. The number of rotatable bonds is 3. The van der Waals surface area contributed by atoms with Gasteiger partial charge in [-0.3, -0.25) is 9.56 Å². The van der Waals surface area contributed by atoms with E-state index in [0.29, 0.717) is 5.70 Å². The zero-order chi connectivity index (χ0) is 9.41. The third kappa shape index (κ3) is 3.21. The van der Waals surface area contributed by atoms with Crippen molar-refractivity contribution in [2.24, 2.45) is 0 Å². The molecule has 0 aromatic heterocycles. The van der Waals surface area contributed by atoms with Crippen molar-refractivity contribution in [3.8, 4) is 0 Å². The minimum Gasteiger partial charge on any atom is -0.288 e. The molecule has 0 aliphatic carbocycles. The van der Waals surface area contributed by atoms with Crippen LogP contribution in [0.1, 0.15) is 13.8 Å². The molecule has 0 saturated carbocycles. The van der Waals surface area contributed by atoms with Crippen molar-refractivity contribution in [2.75, 3.05) is 6.26 Å². The van der Waals surface area contributed by atoms with Gasteiger partial charge in [0.25, 0.3) is 0 Å². The van der Waals surface area contributed by atoms with Crippen molar-refractivity contribution in [3.05, 3.63) is 11.8 Å². The summed E-state index contributed by atoms with van der Waals surface area (Å²) < 4.78 is 23.8. The van der Waals surface area contributed by atoms with Gasteiger partial charge >= 0.3 is 0 Å². The molecule has 1 fully saturated rings. The summed E-state index contributed by atoms with van der Waals surface area (Å²) in [5.74, 6) is 0. The van der Waals surface area contributed by atoms with Gasteiger partial charge in [0.2, 0.25) is 10.0 Å². The van der Waals surface area contributed by atoms with E-state index in [2.05, 4.69) is 10.2 Å². The summed E-state index contributed by atoms with van der Waals surface area (Å²) in [4.78, 5) is 4.82. The van der Waals surface area contributed by atoms with Crippen molar-refractivity contribution in [1.82, 2.24) is 10.2 Å². The van der Waals surface area contributed by atoms with Crippen molar-refractivity contribution in [3.63, 3.8) is 0 Å². The third-order valence-corrected chi connectivity index (χ3v) is 1.96. The monoisotopic (exact) mass is 192 g/mol. The summed E-state index contributed by atoms with van der Waals surface area (Å²) >= 11 is 0. The van der Waals surface area contributed by atoms with Gasteiger partial charge in [0.05, 0.1) is 6.26 Å². The van der Waals surface area contributed by atoms with E-state index in [9.17, 15) is 8.42 Å². The SMILES string of the molecule is C/C(=C/[C@]1(C)NO1)NS(C)(=O)=O. The van der Waals surface area contributed by atoms with Gasteiger partial charge < -0.3 is 0 Å². The Morgan fingerprint density at radius 2 is 2.17 bits per heavy atom. The van der Waals surface area contributed by atoms with Crippen LogP contribution in [0, 0.1) is 0 Å². The lowest BCUT2D eigenvalue weighted by atomic mass is 10.3. The van der Waals surface area contributed by atoms with Gasteiger partial charge in [0.1, 0.15) is 0 Å². The number of hydroxylamine groups is 1. The fraction of sp³-hybridized carbons (Fsp3) is 0.667. The van der Waals surface area contributed by atoms with Gasteiger partial charge in [-0.25, -0.2) is 8.42 Å². The fourth-order valence-corrected chi connectivity index (χ4v) is 1.52. The van der Waals surface area contributed by atoms with Gasteiger partial charge in [-0.05, 0) is 19.9 Å². The normalized spacial score (nSPS) is 30.1. The summed E-state index contributed by atoms with van der Waals surface area (Å²) in [5, 5.41) is 0. The second kappa shape index (κ2) is 2.72. The molecule has 1 heterocycles. The number of hydrogen-bond donors (Lipinski definition) is 2. The van der Waals surface area contributed by atoms with Crippen LogP contribution in [0.3, 0.4) is 0 Å². The van der Waals surface area contributed by atoms with Crippen LogP contribution in [0.25, 0.3) is 0 Å². The average molecular weight is 192 g/mol. The minimum absolute atomic E-state index is 0.498. The maximum Gasteiger partial charge on any atom is 0.229 e. The zero-order valence-corrected chi connectivity index (χ0v) is 8.03. The first-order chi connectivity index (χ1) is 5.31. The molecule has 0 amide bonds.